The van der Waals surface area contributed by atoms with Crippen LogP contribution >= 0.6 is 11.6 Å². The van der Waals surface area contributed by atoms with Crippen molar-refractivity contribution in [3.8, 4) is 0 Å². The number of carbonyl (C=O) groups excluding carboxylic acids is 1. The molecule has 6 heteroatoms. The molecule has 0 aromatic carbocycles. The van der Waals surface area contributed by atoms with Gasteiger partial charge in [-0.25, -0.2) is 9.97 Å². The highest BCUT2D eigenvalue weighted by Crippen LogP contribution is 2.23. The first-order chi connectivity index (χ1) is 9.04. The first-order valence-corrected chi connectivity index (χ1v) is 6.86. The number of rotatable bonds is 3. The first kappa shape index (κ1) is 14.2. The summed E-state index contributed by atoms with van der Waals surface area (Å²) in [6, 6.07) is -0.124. The summed E-state index contributed by atoms with van der Waals surface area (Å²) in [5, 5.41) is 9.55. The molecule has 1 aliphatic rings. The Hall–Kier alpha value is -1.20. The van der Waals surface area contributed by atoms with Crippen molar-refractivity contribution in [1.29, 1.82) is 0 Å². The Morgan fingerprint density at radius 1 is 1.63 bits per heavy atom. The maximum Gasteiger partial charge on any atom is 0.274 e. The Morgan fingerprint density at radius 2 is 2.37 bits per heavy atom. The molecule has 2 rings (SSSR count). The van der Waals surface area contributed by atoms with Crippen LogP contribution in [0.3, 0.4) is 0 Å². The molecule has 1 amide bonds. The van der Waals surface area contributed by atoms with E-state index in [9.17, 15) is 9.90 Å². The third-order valence-corrected chi connectivity index (χ3v) is 3.61. The molecule has 2 heterocycles. The third-order valence-electron chi connectivity index (χ3n) is 3.33. The molecule has 104 valence electrons. The molecule has 1 aromatic heterocycles. The number of likely N-dealkylation sites (tertiary alicyclic amines) is 1. The molecule has 1 atom stereocenters. The number of hydrogen-bond acceptors (Lipinski definition) is 4. The lowest BCUT2D eigenvalue weighted by molar-refractivity contribution is 0.0671. The van der Waals surface area contributed by atoms with Gasteiger partial charge in [-0.05, 0) is 12.8 Å². The monoisotopic (exact) mass is 283 g/mol. The van der Waals surface area contributed by atoms with Gasteiger partial charge in [0, 0.05) is 12.5 Å². The van der Waals surface area contributed by atoms with E-state index >= 15 is 0 Å². The third kappa shape index (κ3) is 2.87. The van der Waals surface area contributed by atoms with Crippen molar-refractivity contribution in [3.05, 3.63) is 22.7 Å². The van der Waals surface area contributed by atoms with Gasteiger partial charge in [0.25, 0.3) is 5.91 Å². The molecule has 0 spiro atoms. The topological polar surface area (TPSA) is 66.3 Å². The number of hydrogen-bond donors (Lipinski definition) is 1. The smallest absolute Gasteiger partial charge is 0.274 e. The molecule has 5 nitrogen and oxygen atoms in total. The lowest BCUT2D eigenvalue weighted by atomic mass is 10.2. The maximum absolute atomic E-state index is 12.5. The van der Waals surface area contributed by atoms with Crippen molar-refractivity contribution in [1.82, 2.24) is 14.9 Å². The van der Waals surface area contributed by atoms with Crippen molar-refractivity contribution < 1.29 is 9.90 Å². The number of aromatic nitrogens is 2. The van der Waals surface area contributed by atoms with Crippen LogP contribution in [0, 0.1) is 0 Å². The lowest BCUT2D eigenvalue weighted by Crippen LogP contribution is -2.38. The van der Waals surface area contributed by atoms with Gasteiger partial charge in [0.15, 0.2) is 5.69 Å². The normalized spacial score (nSPS) is 19.2. The van der Waals surface area contributed by atoms with Gasteiger partial charge in [0.1, 0.15) is 5.82 Å². The summed E-state index contributed by atoms with van der Waals surface area (Å²) in [7, 11) is 0. The molecular formula is C13H18ClN3O2. The molecule has 19 heavy (non-hydrogen) atoms. The fourth-order valence-corrected chi connectivity index (χ4v) is 2.41. The van der Waals surface area contributed by atoms with Crippen molar-refractivity contribution in [2.45, 2.75) is 38.6 Å². The zero-order chi connectivity index (χ0) is 14.0. The summed E-state index contributed by atoms with van der Waals surface area (Å²) in [6.07, 6.45) is 3.19. The molecule has 0 aliphatic carbocycles. The van der Waals surface area contributed by atoms with E-state index in [1.807, 2.05) is 13.8 Å². The van der Waals surface area contributed by atoms with Crippen LogP contribution in [0.1, 0.15) is 48.9 Å². The SMILES string of the molecule is CC(C)c1ncc(Cl)c(C(=O)N2CCC[C@@H]2CO)n1. The lowest BCUT2D eigenvalue weighted by Gasteiger charge is -2.23. The molecule has 0 unspecified atom stereocenters. The molecule has 0 radical (unpaired) electrons. The Morgan fingerprint density at radius 3 is 3.00 bits per heavy atom. The summed E-state index contributed by atoms with van der Waals surface area (Å²) < 4.78 is 0. The number of aliphatic hydroxyl groups excluding tert-OH is 1. The van der Waals surface area contributed by atoms with Gasteiger partial charge in [0.2, 0.25) is 0 Å². The summed E-state index contributed by atoms with van der Waals surface area (Å²) in [5.41, 5.74) is 0.237. The van der Waals surface area contributed by atoms with E-state index in [0.717, 1.165) is 12.8 Å². The van der Waals surface area contributed by atoms with Crippen molar-refractivity contribution in [2.75, 3.05) is 13.2 Å². The Balaban J connectivity index is 2.30. The van der Waals surface area contributed by atoms with Crippen LogP contribution in [0.4, 0.5) is 0 Å². The average molecular weight is 284 g/mol. The van der Waals surface area contributed by atoms with E-state index in [1.54, 1.807) is 4.90 Å². The van der Waals surface area contributed by atoms with Crippen molar-refractivity contribution >= 4 is 17.5 Å². The molecule has 0 bridgehead atoms. The zero-order valence-corrected chi connectivity index (χ0v) is 11.9. The Labute approximate surface area is 117 Å². The highest BCUT2D eigenvalue weighted by atomic mass is 35.5. The number of halogens is 1. The highest BCUT2D eigenvalue weighted by Gasteiger charge is 2.31. The minimum absolute atomic E-state index is 0.0223. The van der Waals surface area contributed by atoms with Crippen molar-refractivity contribution in [2.24, 2.45) is 0 Å². The number of aliphatic hydroxyl groups is 1. The minimum atomic E-state index is -0.217. The number of amides is 1. The fourth-order valence-electron chi connectivity index (χ4n) is 2.24. The summed E-state index contributed by atoms with van der Waals surface area (Å²) >= 11 is 6.03. The van der Waals surface area contributed by atoms with Crippen LogP contribution in [-0.4, -0.2) is 45.1 Å². The van der Waals surface area contributed by atoms with E-state index in [2.05, 4.69) is 9.97 Å². The number of nitrogens with zero attached hydrogens (tertiary/aromatic N) is 3. The van der Waals surface area contributed by atoms with E-state index in [4.69, 9.17) is 11.6 Å². The summed E-state index contributed by atoms with van der Waals surface area (Å²) in [6.45, 7) is 4.54. The van der Waals surface area contributed by atoms with Crippen LogP contribution in [0.2, 0.25) is 5.02 Å². The standard InChI is InChI=1S/C13H18ClN3O2/c1-8(2)12-15-6-10(14)11(16-12)13(19)17-5-3-4-9(17)7-18/h6,8-9,18H,3-5,7H2,1-2H3/t9-/m1/s1. The van der Waals surface area contributed by atoms with Crippen molar-refractivity contribution in [3.63, 3.8) is 0 Å². The second kappa shape index (κ2) is 5.84. The molecule has 1 N–H and O–H groups in total. The van der Waals surface area contributed by atoms with Crippen LogP contribution in [-0.2, 0) is 0 Å². The largest absolute Gasteiger partial charge is 0.394 e. The van der Waals surface area contributed by atoms with Gasteiger partial charge in [0.05, 0.1) is 23.9 Å². The van der Waals surface area contributed by atoms with Gasteiger partial charge in [-0.3, -0.25) is 4.79 Å². The Bertz CT molecular complexity index is 479. The maximum atomic E-state index is 12.5. The van der Waals surface area contributed by atoms with Gasteiger partial charge in [-0.1, -0.05) is 25.4 Å². The van der Waals surface area contributed by atoms with Gasteiger partial charge in [-0.2, -0.15) is 0 Å². The molecular weight excluding hydrogens is 266 g/mol. The minimum Gasteiger partial charge on any atom is -0.394 e. The zero-order valence-electron chi connectivity index (χ0n) is 11.1. The van der Waals surface area contributed by atoms with E-state index in [-0.39, 0.29) is 35.2 Å². The molecule has 0 saturated carbocycles. The quantitative estimate of drug-likeness (QED) is 0.919. The van der Waals surface area contributed by atoms with E-state index < -0.39 is 0 Å². The van der Waals surface area contributed by atoms with Crippen LogP contribution in [0.5, 0.6) is 0 Å². The molecule has 1 fully saturated rings. The fraction of sp³-hybridized carbons (Fsp3) is 0.615. The molecule has 1 aliphatic heterocycles. The molecule has 1 aromatic rings. The van der Waals surface area contributed by atoms with Crippen LogP contribution in [0.25, 0.3) is 0 Å². The first-order valence-electron chi connectivity index (χ1n) is 6.48. The predicted molar refractivity (Wildman–Crippen MR) is 72.3 cm³/mol. The van der Waals surface area contributed by atoms with Crippen LogP contribution < -0.4 is 0 Å². The molecule has 1 saturated heterocycles. The predicted octanol–water partition coefficient (Wildman–Crippen LogP) is 1.85. The second-order valence-corrected chi connectivity index (χ2v) is 5.46. The van der Waals surface area contributed by atoms with Gasteiger partial charge in [-0.15, -0.1) is 0 Å². The Kier molecular flexibility index (Phi) is 4.37. The van der Waals surface area contributed by atoms with Crippen LogP contribution in [0.15, 0.2) is 6.20 Å². The second-order valence-electron chi connectivity index (χ2n) is 5.06. The number of carbonyl (C=O) groups is 1. The highest BCUT2D eigenvalue weighted by molar-refractivity contribution is 6.33. The average Bonchev–Trinajstić information content (AvgIpc) is 2.86. The summed E-state index contributed by atoms with van der Waals surface area (Å²) in [4.78, 5) is 22.5. The van der Waals surface area contributed by atoms with E-state index in [0.29, 0.717) is 12.4 Å². The summed E-state index contributed by atoms with van der Waals surface area (Å²) in [5.74, 6) is 0.523. The van der Waals surface area contributed by atoms with Gasteiger partial charge < -0.3 is 10.0 Å². The van der Waals surface area contributed by atoms with E-state index in [1.165, 1.54) is 6.20 Å². The van der Waals surface area contributed by atoms with Gasteiger partial charge >= 0.3 is 0 Å².